The minimum absolute atomic E-state index is 0.482. The Kier molecular flexibility index (Phi) is 4.19. The highest BCUT2D eigenvalue weighted by atomic mass is 127. The molecule has 0 amide bonds. The summed E-state index contributed by atoms with van der Waals surface area (Å²) in [5.74, 6) is 0.863. The van der Waals surface area contributed by atoms with E-state index in [0.29, 0.717) is 6.61 Å². The van der Waals surface area contributed by atoms with E-state index in [1.165, 1.54) is 3.57 Å². The van der Waals surface area contributed by atoms with Gasteiger partial charge in [-0.15, -0.1) is 0 Å². The predicted molar refractivity (Wildman–Crippen MR) is 77.3 cm³/mol. The number of hydrogen-bond acceptors (Lipinski definition) is 3. The fraction of sp³-hybridized carbons (Fsp3) is 0.154. The first-order valence-electron chi connectivity index (χ1n) is 5.29. The third-order valence-electron chi connectivity index (χ3n) is 2.31. The highest BCUT2D eigenvalue weighted by Gasteiger charge is 1.98. The fourth-order valence-electron chi connectivity index (χ4n) is 1.40. The van der Waals surface area contributed by atoms with E-state index in [2.05, 4.69) is 32.9 Å². The van der Waals surface area contributed by atoms with Crippen molar-refractivity contribution in [1.82, 2.24) is 4.98 Å². The molecule has 2 rings (SSSR count). The SMILES string of the molecule is CNc1ccnc(COc2ccc(I)cc2)c1. The van der Waals surface area contributed by atoms with Gasteiger partial charge in [0.2, 0.25) is 0 Å². The zero-order valence-corrected chi connectivity index (χ0v) is 11.6. The van der Waals surface area contributed by atoms with Gasteiger partial charge in [-0.2, -0.15) is 0 Å². The maximum Gasteiger partial charge on any atom is 0.130 e. The van der Waals surface area contributed by atoms with Gasteiger partial charge >= 0.3 is 0 Å². The summed E-state index contributed by atoms with van der Waals surface area (Å²) in [6, 6.07) is 11.9. The first kappa shape index (κ1) is 12.2. The third kappa shape index (κ3) is 3.59. The molecule has 3 nitrogen and oxygen atoms in total. The monoisotopic (exact) mass is 340 g/mol. The van der Waals surface area contributed by atoms with Crippen molar-refractivity contribution in [1.29, 1.82) is 0 Å². The number of hydrogen-bond donors (Lipinski definition) is 1. The summed E-state index contributed by atoms with van der Waals surface area (Å²) in [5, 5.41) is 3.08. The van der Waals surface area contributed by atoms with E-state index in [-0.39, 0.29) is 0 Å². The standard InChI is InChI=1S/C13H13IN2O/c1-15-11-6-7-16-12(8-11)9-17-13-4-2-10(14)3-5-13/h2-8H,9H2,1H3,(H,15,16). The Balaban J connectivity index is 1.99. The predicted octanol–water partition coefficient (Wildman–Crippen LogP) is 3.31. The van der Waals surface area contributed by atoms with Crippen LogP contribution in [0.15, 0.2) is 42.6 Å². The molecule has 0 aliphatic heterocycles. The van der Waals surface area contributed by atoms with Crippen LogP contribution in [-0.2, 0) is 6.61 Å². The lowest BCUT2D eigenvalue weighted by Gasteiger charge is -2.07. The zero-order valence-electron chi connectivity index (χ0n) is 9.48. The summed E-state index contributed by atoms with van der Waals surface area (Å²) >= 11 is 2.27. The number of aromatic nitrogens is 1. The normalized spacial score (nSPS) is 10.0. The molecule has 0 bridgehead atoms. The number of benzene rings is 1. The lowest BCUT2D eigenvalue weighted by molar-refractivity contribution is 0.301. The summed E-state index contributed by atoms with van der Waals surface area (Å²) in [7, 11) is 1.89. The molecule has 0 aliphatic rings. The van der Waals surface area contributed by atoms with Gasteiger partial charge in [0.25, 0.3) is 0 Å². The minimum Gasteiger partial charge on any atom is -0.487 e. The second-order valence-electron chi connectivity index (χ2n) is 3.53. The molecule has 0 aliphatic carbocycles. The van der Waals surface area contributed by atoms with Crippen molar-refractivity contribution in [3.8, 4) is 5.75 Å². The Morgan fingerprint density at radius 1 is 1.24 bits per heavy atom. The molecule has 17 heavy (non-hydrogen) atoms. The lowest BCUT2D eigenvalue weighted by Crippen LogP contribution is -1.99. The molecule has 0 spiro atoms. The van der Waals surface area contributed by atoms with Gasteiger partial charge in [0.1, 0.15) is 12.4 Å². The maximum absolute atomic E-state index is 5.65. The van der Waals surface area contributed by atoms with E-state index >= 15 is 0 Å². The van der Waals surface area contributed by atoms with Gasteiger partial charge < -0.3 is 10.1 Å². The van der Waals surface area contributed by atoms with Crippen LogP contribution in [0.5, 0.6) is 5.75 Å². The van der Waals surface area contributed by atoms with Crippen LogP contribution in [0.1, 0.15) is 5.69 Å². The summed E-state index contributed by atoms with van der Waals surface area (Å²) in [5.41, 5.74) is 1.96. The van der Waals surface area contributed by atoms with E-state index in [1.807, 2.05) is 43.4 Å². The molecule has 1 aromatic heterocycles. The summed E-state index contributed by atoms with van der Waals surface area (Å²) in [6.45, 7) is 0.482. The van der Waals surface area contributed by atoms with Crippen LogP contribution in [0.3, 0.4) is 0 Å². The van der Waals surface area contributed by atoms with E-state index in [9.17, 15) is 0 Å². The van der Waals surface area contributed by atoms with Gasteiger partial charge in [-0.25, -0.2) is 0 Å². The average molecular weight is 340 g/mol. The second kappa shape index (κ2) is 5.86. The molecular weight excluding hydrogens is 327 g/mol. The van der Waals surface area contributed by atoms with Crippen molar-refractivity contribution in [2.45, 2.75) is 6.61 Å². The number of ether oxygens (including phenoxy) is 1. The molecule has 1 N–H and O–H groups in total. The number of nitrogens with zero attached hydrogens (tertiary/aromatic N) is 1. The van der Waals surface area contributed by atoms with Crippen LogP contribution in [0.4, 0.5) is 5.69 Å². The number of nitrogens with one attached hydrogen (secondary N) is 1. The molecule has 1 aromatic carbocycles. The largest absolute Gasteiger partial charge is 0.487 e. The maximum atomic E-state index is 5.65. The molecule has 4 heteroatoms. The van der Waals surface area contributed by atoms with Crippen LogP contribution in [0.25, 0.3) is 0 Å². The minimum atomic E-state index is 0.482. The van der Waals surface area contributed by atoms with Gasteiger partial charge in [-0.05, 0) is 59.0 Å². The topological polar surface area (TPSA) is 34.2 Å². The number of rotatable bonds is 4. The Labute approximate surface area is 114 Å². The fourth-order valence-corrected chi connectivity index (χ4v) is 1.76. The van der Waals surface area contributed by atoms with E-state index in [4.69, 9.17) is 4.74 Å². The Morgan fingerprint density at radius 2 is 2.00 bits per heavy atom. The van der Waals surface area contributed by atoms with Gasteiger partial charge in [0, 0.05) is 22.5 Å². The first-order chi connectivity index (χ1) is 8.28. The Morgan fingerprint density at radius 3 is 2.71 bits per heavy atom. The Hall–Kier alpha value is -1.30. The van der Waals surface area contributed by atoms with Gasteiger partial charge in [0.05, 0.1) is 5.69 Å². The molecule has 1 heterocycles. The van der Waals surface area contributed by atoms with E-state index in [1.54, 1.807) is 6.20 Å². The highest BCUT2D eigenvalue weighted by Crippen LogP contribution is 2.15. The van der Waals surface area contributed by atoms with Crippen LogP contribution < -0.4 is 10.1 Å². The average Bonchev–Trinajstić information content (AvgIpc) is 2.38. The molecule has 2 aromatic rings. The van der Waals surface area contributed by atoms with Crippen molar-refractivity contribution in [3.63, 3.8) is 0 Å². The summed E-state index contributed by atoms with van der Waals surface area (Å²) in [4.78, 5) is 4.25. The molecule has 0 saturated heterocycles. The Bertz CT molecular complexity index is 485. The first-order valence-corrected chi connectivity index (χ1v) is 6.37. The molecule has 88 valence electrons. The summed E-state index contributed by atoms with van der Waals surface area (Å²) in [6.07, 6.45) is 1.78. The van der Waals surface area contributed by atoms with Crippen LogP contribution in [-0.4, -0.2) is 12.0 Å². The molecule has 0 radical (unpaired) electrons. The van der Waals surface area contributed by atoms with Crippen molar-refractivity contribution in [3.05, 3.63) is 51.9 Å². The highest BCUT2D eigenvalue weighted by molar-refractivity contribution is 14.1. The smallest absolute Gasteiger partial charge is 0.130 e. The molecule has 0 fully saturated rings. The van der Waals surface area contributed by atoms with Crippen molar-refractivity contribution in [2.75, 3.05) is 12.4 Å². The van der Waals surface area contributed by atoms with Gasteiger partial charge in [-0.3, -0.25) is 4.98 Å². The number of pyridine rings is 1. The van der Waals surface area contributed by atoms with Gasteiger partial charge in [-0.1, -0.05) is 0 Å². The molecule has 0 unspecified atom stereocenters. The van der Waals surface area contributed by atoms with E-state index < -0.39 is 0 Å². The quantitative estimate of drug-likeness (QED) is 0.868. The van der Waals surface area contributed by atoms with Crippen molar-refractivity contribution in [2.24, 2.45) is 0 Å². The number of anilines is 1. The second-order valence-corrected chi connectivity index (χ2v) is 4.77. The third-order valence-corrected chi connectivity index (χ3v) is 3.02. The molecule has 0 saturated carbocycles. The van der Waals surface area contributed by atoms with Crippen molar-refractivity contribution >= 4 is 28.3 Å². The van der Waals surface area contributed by atoms with E-state index in [0.717, 1.165) is 17.1 Å². The lowest BCUT2D eigenvalue weighted by atomic mass is 10.3. The van der Waals surface area contributed by atoms with Crippen LogP contribution >= 0.6 is 22.6 Å². The van der Waals surface area contributed by atoms with Gasteiger partial charge in [0.15, 0.2) is 0 Å². The molecule has 0 atom stereocenters. The van der Waals surface area contributed by atoms with Crippen molar-refractivity contribution < 1.29 is 4.74 Å². The zero-order chi connectivity index (χ0) is 12.1. The summed E-state index contributed by atoms with van der Waals surface area (Å²) < 4.78 is 6.85. The van der Waals surface area contributed by atoms with Crippen LogP contribution in [0, 0.1) is 3.57 Å². The van der Waals surface area contributed by atoms with Crippen LogP contribution in [0.2, 0.25) is 0 Å². The number of halogens is 1. The molecular formula is C13H13IN2O.